The van der Waals surface area contributed by atoms with Crippen LogP contribution in [0.2, 0.25) is 0 Å². The maximum Gasteiger partial charge on any atom is 0.416 e. The third kappa shape index (κ3) is 4.84. The molecule has 0 bridgehead atoms. The van der Waals surface area contributed by atoms with Gasteiger partial charge in [-0.25, -0.2) is 0 Å². The van der Waals surface area contributed by atoms with Gasteiger partial charge in [0.1, 0.15) is 5.69 Å². The number of carbonyl (C=O) groups is 1. The van der Waals surface area contributed by atoms with Crippen molar-refractivity contribution in [3.63, 3.8) is 0 Å². The number of H-pyrrole nitrogens is 1. The molecule has 37 heavy (non-hydrogen) atoms. The Morgan fingerprint density at radius 3 is 2.57 bits per heavy atom. The molecule has 0 aliphatic rings. The van der Waals surface area contributed by atoms with Gasteiger partial charge in [-0.15, -0.1) is 0 Å². The molecule has 2 heterocycles. The van der Waals surface area contributed by atoms with Crippen molar-refractivity contribution < 1.29 is 18.0 Å². The number of fused-ring (bicyclic) bond motifs is 1. The van der Waals surface area contributed by atoms with Crippen molar-refractivity contribution in [3.8, 4) is 22.4 Å². The van der Waals surface area contributed by atoms with Gasteiger partial charge in [0.15, 0.2) is 0 Å². The van der Waals surface area contributed by atoms with Crippen LogP contribution in [0.3, 0.4) is 0 Å². The zero-order chi connectivity index (χ0) is 26.3. The van der Waals surface area contributed by atoms with Gasteiger partial charge in [0.25, 0.3) is 5.91 Å². The Labute approximate surface area is 211 Å². The van der Waals surface area contributed by atoms with Gasteiger partial charge in [-0.05, 0) is 79.9 Å². The number of halogens is 3. The number of nitrogens with zero attached hydrogens (tertiary/aromatic N) is 3. The summed E-state index contributed by atoms with van der Waals surface area (Å²) in [5.41, 5.74) is 4.82. The van der Waals surface area contributed by atoms with Crippen LogP contribution in [0.25, 0.3) is 33.3 Å². The predicted molar refractivity (Wildman–Crippen MR) is 137 cm³/mol. The highest BCUT2D eigenvalue weighted by Gasteiger charge is 2.30. The Bertz CT molecular complexity index is 1610. The summed E-state index contributed by atoms with van der Waals surface area (Å²) >= 11 is 0. The third-order valence-electron chi connectivity index (χ3n) is 6.23. The maximum atomic E-state index is 13.0. The number of aryl methyl sites for hydroxylation is 1. The number of amides is 1. The first kappa shape index (κ1) is 24.3. The second kappa shape index (κ2) is 9.24. The number of alkyl halides is 3. The fourth-order valence-electron chi connectivity index (χ4n) is 4.20. The summed E-state index contributed by atoms with van der Waals surface area (Å²) in [5.74, 6) is -0.493. The molecule has 6 nitrogen and oxygen atoms in total. The summed E-state index contributed by atoms with van der Waals surface area (Å²) in [4.78, 5) is 12.9. The standard InChI is InChI=1S/C28H24F3N5O/c1-16(2)36-15-20(14-32-36)26-23-10-9-18(12-25(23)34-35-26)24-11-19(8-7-17(24)3)27(37)33-22-6-4-5-21(13-22)28(29,30)31/h4-16H,1-3H3,(H,33,37)(H,34,35). The van der Waals surface area contributed by atoms with Crippen LogP contribution in [0, 0.1) is 6.92 Å². The molecular formula is C28H24F3N5O. The zero-order valence-electron chi connectivity index (χ0n) is 20.4. The number of hydrogen-bond donors (Lipinski definition) is 2. The van der Waals surface area contributed by atoms with Crippen LogP contribution in [0.4, 0.5) is 18.9 Å². The van der Waals surface area contributed by atoms with E-state index in [-0.39, 0.29) is 11.7 Å². The fraction of sp³-hybridized carbons (Fsp3) is 0.179. The highest BCUT2D eigenvalue weighted by atomic mass is 19.4. The Hall–Kier alpha value is -4.40. The molecule has 1 amide bonds. The van der Waals surface area contributed by atoms with E-state index in [1.807, 2.05) is 42.1 Å². The average molecular weight is 504 g/mol. The lowest BCUT2D eigenvalue weighted by molar-refractivity contribution is -0.137. The van der Waals surface area contributed by atoms with E-state index in [1.54, 1.807) is 18.3 Å². The van der Waals surface area contributed by atoms with Crippen molar-refractivity contribution in [2.24, 2.45) is 0 Å². The van der Waals surface area contributed by atoms with Crippen LogP contribution in [0.5, 0.6) is 0 Å². The molecule has 0 spiro atoms. The Morgan fingerprint density at radius 2 is 1.84 bits per heavy atom. The van der Waals surface area contributed by atoms with Gasteiger partial charge in [-0.2, -0.15) is 23.4 Å². The van der Waals surface area contributed by atoms with E-state index in [4.69, 9.17) is 0 Å². The first-order valence-electron chi connectivity index (χ1n) is 11.7. The number of carbonyl (C=O) groups excluding carboxylic acids is 1. The second-order valence-electron chi connectivity index (χ2n) is 9.20. The molecule has 5 aromatic rings. The fourth-order valence-corrected chi connectivity index (χ4v) is 4.20. The number of benzene rings is 3. The van der Waals surface area contributed by atoms with Gasteiger partial charge in [0, 0.05) is 34.4 Å². The lowest BCUT2D eigenvalue weighted by Gasteiger charge is -2.12. The van der Waals surface area contributed by atoms with Gasteiger partial charge in [0.2, 0.25) is 0 Å². The smallest absolute Gasteiger partial charge is 0.322 e. The molecule has 0 atom stereocenters. The number of nitrogens with one attached hydrogen (secondary N) is 2. The minimum atomic E-state index is -4.49. The topological polar surface area (TPSA) is 75.6 Å². The first-order chi connectivity index (χ1) is 17.6. The van der Waals surface area contributed by atoms with Crippen molar-refractivity contribution in [1.82, 2.24) is 20.0 Å². The molecule has 0 saturated heterocycles. The number of rotatable bonds is 5. The molecule has 9 heteroatoms. The minimum Gasteiger partial charge on any atom is -0.322 e. The third-order valence-corrected chi connectivity index (χ3v) is 6.23. The summed E-state index contributed by atoms with van der Waals surface area (Å²) in [5, 5.41) is 15.5. The summed E-state index contributed by atoms with van der Waals surface area (Å²) in [6.07, 6.45) is -0.733. The Morgan fingerprint density at radius 1 is 1.03 bits per heavy atom. The van der Waals surface area contributed by atoms with Crippen molar-refractivity contribution >= 4 is 22.5 Å². The highest BCUT2D eigenvalue weighted by molar-refractivity contribution is 6.05. The summed E-state index contributed by atoms with van der Waals surface area (Å²) < 4.78 is 41.0. The zero-order valence-corrected chi connectivity index (χ0v) is 20.4. The van der Waals surface area contributed by atoms with Crippen molar-refractivity contribution in [2.75, 3.05) is 5.32 Å². The van der Waals surface area contributed by atoms with E-state index in [9.17, 15) is 18.0 Å². The molecule has 188 valence electrons. The van der Waals surface area contributed by atoms with E-state index in [0.29, 0.717) is 5.56 Å². The Kier molecular flexibility index (Phi) is 6.07. The van der Waals surface area contributed by atoms with Gasteiger partial charge < -0.3 is 5.32 Å². The molecular weight excluding hydrogens is 479 g/mol. The lowest BCUT2D eigenvalue weighted by atomic mass is 9.96. The quantitative estimate of drug-likeness (QED) is 0.265. The molecule has 3 aromatic carbocycles. The normalized spacial score (nSPS) is 11.9. The van der Waals surface area contributed by atoms with E-state index in [2.05, 4.69) is 34.5 Å². The van der Waals surface area contributed by atoms with Gasteiger partial charge >= 0.3 is 6.18 Å². The second-order valence-corrected chi connectivity index (χ2v) is 9.20. The summed E-state index contributed by atoms with van der Waals surface area (Å²) in [7, 11) is 0. The van der Waals surface area contributed by atoms with Crippen LogP contribution < -0.4 is 5.32 Å². The van der Waals surface area contributed by atoms with E-state index < -0.39 is 17.6 Å². The van der Waals surface area contributed by atoms with Crippen molar-refractivity contribution in [1.29, 1.82) is 0 Å². The molecule has 0 radical (unpaired) electrons. The summed E-state index contributed by atoms with van der Waals surface area (Å²) in [6, 6.07) is 15.9. The minimum absolute atomic E-state index is 0.0779. The van der Waals surface area contributed by atoms with Crippen molar-refractivity contribution in [3.05, 3.63) is 89.7 Å². The average Bonchev–Trinajstić information content (AvgIpc) is 3.51. The first-order valence-corrected chi connectivity index (χ1v) is 11.7. The molecule has 0 aliphatic heterocycles. The van der Waals surface area contributed by atoms with Crippen LogP contribution in [-0.2, 0) is 6.18 Å². The molecule has 5 rings (SSSR count). The van der Waals surface area contributed by atoms with E-state index >= 15 is 0 Å². The van der Waals surface area contributed by atoms with Gasteiger partial charge in [-0.3, -0.25) is 14.6 Å². The van der Waals surface area contributed by atoms with E-state index in [0.717, 1.165) is 51.0 Å². The van der Waals surface area contributed by atoms with E-state index in [1.165, 1.54) is 12.1 Å². The van der Waals surface area contributed by atoms with Crippen LogP contribution in [-0.4, -0.2) is 25.9 Å². The monoisotopic (exact) mass is 503 g/mol. The highest BCUT2D eigenvalue weighted by Crippen LogP contribution is 2.33. The molecule has 2 aromatic heterocycles. The van der Waals surface area contributed by atoms with Crippen molar-refractivity contribution in [2.45, 2.75) is 33.0 Å². The lowest BCUT2D eigenvalue weighted by Crippen LogP contribution is -2.13. The van der Waals surface area contributed by atoms with Crippen LogP contribution in [0.1, 0.15) is 41.4 Å². The SMILES string of the molecule is Cc1ccc(C(=O)Nc2cccc(C(F)(F)F)c2)cc1-c1ccc2c(-c3cnn(C(C)C)c3)n[nH]c2c1. The molecule has 0 unspecified atom stereocenters. The number of aromatic nitrogens is 4. The largest absolute Gasteiger partial charge is 0.416 e. The molecule has 2 N–H and O–H groups in total. The maximum absolute atomic E-state index is 13.0. The molecule has 0 saturated carbocycles. The molecule has 0 fully saturated rings. The summed E-state index contributed by atoms with van der Waals surface area (Å²) in [6.45, 7) is 6.05. The number of aromatic amines is 1. The van der Waals surface area contributed by atoms with Crippen LogP contribution in [0.15, 0.2) is 73.1 Å². The van der Waals surface area contributed by atoms with Gasteiger partial charge in [0.05, 0.1) is 17.3 Å². The number of anilines is 1. The predicted octanol–water partition coefficient (Wildman–Crippen LogP) is 7.25. The van der Waals surface area contributed by atoms with Crippen LogP contribution >= 0.6 is 0 Å². The molecule has 0 aliphatic carbocycles. The Balaban J connectivity index is 1.44. The number of hydrogen-bond acceptors (Lipinski definition) is 3. The van der Waals surface area contributed by atoms with Gasteiger partial charge in [-0.1, -0.05) is 18.2 Å².